The van der Waals surface area contributed by atoms with Crippen molar-refractivity contribution in [2.24, 2.45) is 10.6 Å². The number of carbonyl (C=O) groups excluding carboxylic acids is 5. The van der Waals surface area contributed by atoms with E-state index in [1.54, 1.807) is 20.8 Å². The number of hydrogen-bond acceptors (Lipinski definition) is 12. The second-order valence-corrected chi connectivity index (χ2v) is 15.4. The van der Waals surface area contributed by atoms with Gasteiger partial charge in [0.15, 0.2) is 16.9 Å². The topological polar surface area (TPSA) is 166 Å². The molecule has 3 heterocycles. The summed E-state index contributed by atoms with van der Waals surface area (Å²) in [5.74, 6) is -2.36. The molecular formula is C35H36ClN5O8S2. The third-order valence-electron chi connectivity index (χ3n) is 7.87. The molecule has 4 atom stereocenters. The minimum atomic E-state index is -1.22. The number of thioether (sulfide) groups is 1. The predicted molar refractivity (Wildman–Crippen MR) is 193 cm³/mol. The SMILES string of the molecule is C=CC1(C(=O)OC(c2ccccc2)c2ccccc2)CS[C@@H]2C(NC(=O)C(=NOC(C)C(=O)OC(C)(C)C)c3nc(NC=O)sc3Cl)C(=O)N2C1. The Kier molecular flexibility index (Phi) is 11.5. The molecule has 13 nitrogen and oxygen atoms in total. The maximum atomic E-state index is 13.9. The van der Waals surface area contributed by atoms with E-state index in [-0.39, 0.29) is 27.5 Å². The number of aromatic nitrogens is 1. The number of amides is 3. The molecule has 2 aliphatic heterocycles. The molecule has 0 spiro atoms. The summed E-state index contributed by atoms with van der Waals surface area (Å²) in [6.07, 6.45) is -0.00632. The lowest BCUT2D eigenvalue weighted by Gasteiger charge is -2.53. The molecule has 2 N–H and O–H groups in total. The Labute approximate surface area is 307 Å². The third-order valence-corrected chi connectivity index (χ3v) is 10.6. The maximum Gasteiger partial charge on any atom is 0.350 e. The quantitative estimate of drug-likeness (QED) is 0.0623. The molecule has 268 valence electrons. The summed E-state index contributed by atoms with van der Waals surface area (Å²) in [7, 11) is 0. The number of fused-ring (bicyclic) bond motifs is 1. The molecule has 2 saturated heterocycles. The van der Waals surface area contributed by atoms with Gasteiger partial charge in [-0.25, -0.2) is 9.78 Å². The van der Waals surface area contributed by atoms with Gasteiger partial charge in [-0.2, -0.15) is 0 Å². The summed E-state index contributed by atoms with van der Waals surface area (Å²) in [5, 5.41) is 8.48. The Hall–Kier alpha value is -4.73. The summed E-state index contributed by atoms with van der Waals surface area (Å²) in [6, 6.07) is 17.7. The highest BCUT2D eigenvalue weighted by molar-refractivity contribution is 8.00. The molecule has 0 bridgehead atoms. The number of hydrogen-bond donors (Lipinski definition) is 2. The van der Waals surface area contributed by atoms with Crippen molar-refractivity contribution in [2.75, 3.05) is 17.6 Å². The summed E-state index contributed by atoms with van der Waals surface area (Å²) >= 11 is 8.52. The molecule has 3 aromatic rings. The second-order valence-electron chi connectivity index (χ2n) is 12.7. The van der Waals surface area contributed by atoms with Crippen molar-refractivity contribution in [3.8, 4) is 0 Å². The van der Waals surface area contributed by atoms with Gasteiger partial charge in [0, 0.05) is 12.3 Å². The minimum Gasteiger partial charge on any atom is -0.457 e. The fourth-order valence-corrected chi connectivity index (χ4v) is 7.79. The predicted octanol–water partition coefficient (Wildman–Crippen LogP) is 4.72. The van der Waals surface area contributed by atoms with Gasteiger partial charge in [0.25, 0.3) is 5.91 Å². The van der Waals surface area contributed by atoms with E-state index in [1.807, 2.05) is 60.7 Å². The molecule has 0 aliphatic carbocycles. The van der Waals surface area contributed by atoms with Gasteiger partial charge < -0.3 is 29.8 Å². The highest BCUT2D eigenvalue weighted by Crippen LogP contribution is 2.44. The van der Waals surface area contributed by atoms with Crippen LogP contribution in [0, 0.1) is 5.41 Å². The van der Waals surface area contributed by atoms with Gasteiger partial charge in [-0.15, -0.1) is 18.3 Å². The van der Waals surface area contributed by atoms with Gasteiger partial charge in [0.05, 0.1) is 0 Å². The van der Waals surface area contributed by atoms with Crippen LogP contribution in [0.15, 0.2) is 78.5 Å². The molecule has 51 heavy (non-hydrogen) atoms. The van der Waals surface area contributed by atoms with Crippen LogP contribution >= 0.6 is 34.7 Å². The van der Waals surface area contributed by atoms with Crippen molar-refractivity contribution in [1.82, 2.24) is 15.2 Å². The number of ether oxygens (including phenoxy) is 2. The first-order chi connectivity index (χ1) is 24.3. The van der Waals surface area contributed by atoms with E-state index in [0.717, 1.165) is 22.5 Å². The molecule has 1 aromatic heterocycles. The smallest absolute Gasteiger partial charge is 0.350 e. The Morgan fingerprint density at radius 1 is 1.12 bits per heavy atom. The number of nitrogens with one attached hydrogen (secondary N) is 2. The van der Waals surface area contributed by atoms with Crippen molar-refractivity contribution >= 4 is 75.7 Å². The average molecular weight is 754 g/mol. The first-order valence-corrected chi connectivity index (χ1v) is 18.0. The highest BCUT2D eigenvalue weighted by Gasteiger charge is 2.57. The van der Waals surface area contributed by atoms with E-state index < -0.39 is 64.1 Å². The zero-order chi connectivity index (χ0) is 36.9. The maximum absolute atomic E-state index is 13.9. The monoisotopic (exact) mass is 753 g/mol. The summed E-state index contributed by atoms with van der Waals surface area (Å²) in [5.41, 5.74) is -1.02. The van der Waals surface area contributed by atoms with Crippen molar-refractivity contribution in [3.05, 3.63) is 94.5 Å². The van der Waals surface area contributed by atoms with Crippen LogP contribution in [0.1, 0.15) is 50.6 Å². The zero-order valence-corrected chi connectivity index (χ0v) is 30.5. The summed E-state index contributed by atoms with van der Waals surface area (Å²) < 4.78 is 11.5. The molecule has 2 aromatic carbocycles. The van der Waals surface area contributed by atoms with Crippen LogP contribution in [0.2, 0.25) is 4.34 Å². The van der Waals surface area contributed by atoms with Crippen LogP contribution in [0.3, 0.4) is 0 Å². The van der Waals surface area contributed by atoms with Crippen molar-refractivity contribution in [2.45, 2.75) is 56.9 Å². The van der Waals surface area contributed by atoms with Crippen LogP contribution in [0.25, 0.3) is 0 Å². The van der Waals surface area contributed by atoms with Crippen LogP contribution in [0.4, 0.5) is 5.13 Å². The molecule has 5 rings (SSSR count). The fraction of sp³-hybridized carbons (Fsp3) is 0.343. The van der Waals surface area contributed by atoms with E-state index in [4.69, 9.17) is 25.9 Å². The molecule has 16 heteroatoms. The van der Waals surface area contributed by atoms with Gasteiger partial charge in [0.1, 0.15) is 32.5 Å². The Balaban J connectivity index is 1.31. The number of esters is 2. The Morgan fingerprint density at radius 2 is 1.75 bits per heavy atom. The number of rotatable bonds is 13. The van der Waals surface area contributed by atoms with E-state index in [0.29, 0.717) is 6.41 Å². The minimum absolute atomic E-state index is 0.00559. The number of anilines is 1. The number of β-lactam (4-membered cyclic amide) rings is 1. The molecular weight excluding hydrogens is 718 g/mol. The number of oxime groups is 1. The average Bonchev–Trinajstić information content (AvgIpc) is 3.48. The lowest BCUT2D eigenvalue weighted by Crippen LogP contribution is -2.73. The summed E-state index contributed by atoms with van der Waals surface area (Å²) in [4.78, 5) is 75.6. The van der Waals surface area contributed by atoms with E-state index in [9.17, 15) is 24.0 Å². The first-order valence-electron chi connectivity index (χ1n) is 15.8. The van der Waals surface area contributed by atoms with Crippen LogP contribution < -0.4 is 10.6 Å². The molecule has 0 radical (unpaired) electrons. The van der Waals surface area contributed by atoms with Crippen molar-refractivity contribution in [3.63, 3.8) is 0 Å². The molecule has 3 amide bonds. The zero-order valence-electron chi connectivity index (χ0n) is 28.2. The standard InChI is InChI=1S/C35H36ClN5O8S2/c1-6-35(32(46)47-26(21-13-9-7-10-14-21)22-15-11-8-12-16-22)17-41-29(44)25(30(41)50-18-35)38-28(43)24(23-27(36)51-33(39-23)37-19-42)40-49-20(2)31(45)48-34(3,4)5/h6-16,19-20,25-26,30H,1,17-18H2,2-5H3,(H,38,43)(H,37,39,42)/t20?,25?,30-,35?/m1/s1. The van der Waals surface area contributed by atoms with E-state index in [1.165, 1.54) is 29.7 Å². The summed E-state index contributed by atoms with van der Waals surface area (Å²) in [6.45, 7) is 10.4. The third kappa shape index (κ3) is 8.43. The highest BCUT2D eigenvalue weighted by atomic mass is 35.5. The van der Waals surface area contributed by atoms with Crippen LogP contribution in [0.5, 0.6) is 0 Å². The molecule has 2 fully saturated rings. The first kappa shape index (κ1) is 37.5. The number of carbonyl (C=O) groups is 5. The van der Waals surface area contributed by atoms with Gasteiger partial charge >= 0.3 is 11.9 Å². The Morgan fingerprint density at radius 3 is 2.31 bits per heavy atom. The van der Waals surface area contributed by atoms with Gasteiger partial charge in [-0.05, 0) is 38.8 Å². The number of halogens is 1. The van der Waals surface area contributed by atoms with Crippen LogP contribution in [-0.2, 0) is 38.3 Å². The van der Waals surface area contributed by atoms with Gasteiger partial charge in [-0.3, -0.25) is 19.2 Å². The largest absolute Gasteiger partial charge is 0.457 e. The molecule has 0 saturated carbocycles. The second kappa shape index (κ2) is 15.7. The van der Waals surface area contributed by atoms with Crippen LogP contribution in [-0.4, -0.2) is 81.2 Å². The lowest BCUT2D eigenvalue weighted by molar-refractivity contribution is -0.167. The number of thiazole rings is 1. The molecule has 3 unspecified atom stereocenters. The number of benzene rings is 2. The Bertz CT molecular complexity index is 1790. The molecule has 2 aliphatic rings. The van der Waals surface area contributed by atoms with Gasteiger partial charge in [0.2, 0.25) is 18.4 Å². The lowest BCUT2D eigenvalue weighted by atomic mass is 9.87. The van der Waals surface area contributed by atoms with Crippen molar-refractivity contribution in [1.29, 1.82) is 0 Å². The van der Waals surface area contributed by atoms with Gasteiger partial charge in [-0.1, -0.05) is 94.8 Å². The van der Waals surface area contributed by atoms with E-state index >= 15 is 0 Å². The fourth-order valence-electron chi connectivity index (χ4n) is 5.25. The normalized spacial score (nSPS) is 20.7. The number of nitrogens with zero attached hydrogens (tertiary/aromatic N) is 3. The van der Waals surface area contributed by atoms with E-state index in [2.05, 4.69) is 27.4 Å². The van der Waals surface area contributed by atoms with Crippen molar-refractivity contribution < 1.29 is 38.3 Å².